The maximum Gasteiger partial charge on any atom is 0.242 e. The summed E-state index contributed by atoms with van der Waals surface area (Å²) in [7, 11) is 1.83. The van der Waals surface area contributed by atoms with Gasteiger partial charge >= 0.3 is 0 Å². The molecular formula is C8H12N6. The molecule has 2 aromatic rings. The van der Waals surface area contributed by atoms with Crippen molar-refractivity contribution in [3.05, 3.63) is 23.8 Å². The molecular weight excluding hydrogens is 180 g/mol. The highest BCUT2D eigenvalue weighted by atomic mass is 15.4. The van der Waals surface area contributed by atoms with Crippen LogP contribution >= 0.6 is 0 Å². The summed E-state index contributed by atoms with van der Waals surface area (Å²) in [6.07, 6.45) is 3.45. The van der Waals surface area contributed by atoms with Gasteiger partial charge in [0.2, 0.25) is 5.95 Å². The van der Waals surface area contributed by atoms with E-state index in [1.807, 2.05) is 14.0 Å². The SMILES string of the molecule is Cc1[nH]ncc1CNc1ncn(C)n1. The predicted molar refractivity (Wildman–Crippen MR) is 51.7 cm³/mol. The molecule has 2 heterocycles. The van der Waals surface area contributed by atoms with E-state index in [4.69, 9.17) is 0 Å². The largest absolute Gasteiger partial charge is 0.349 e. The van der Waals surface area contributed by atoms with E-state index in [0.717, 1.165) is 11.3 Å². The summed E-state index contributed by atoms with van der Waals surface area (Å²) >= 11 is 0. The number of nitrogens with zero attached hydrogens (tertiary/aromatic N) is 4. The number of anilines is 1. The van der Waals surface area contributed by atoms with Gasteiger partial charge in [0.25, 0.3) is 0 Å². The Kier molecular flexibility index (Phi) is 2.18. The molecule has 0 aliphatic rings. The van der Waals surface area contributed by atoms with Gasteiger partial charge in [0.15, 0.2) is 0 Å². The van der Waals surface area contributed by atoms with Gasteiger partial charge in [-0.15, -0.1) is 5.10 Å². The van der Waals surface area contributed by atoms with Crippen molar-refractivity contribution >= 4 is 5.95 Å². The van der Waals surface area contributed by atoms with Gasteiger partial charge in [-0.05, 0) is 6.92 Å². The molecule has 14 heavy (non-hydrogen) atoms. The lowest BCUT2D eigenvalue weighted by molar-refractivity contribution is 0.766. The Bertz CT molecular complexity index is 415. The van der Waals surface area contributed by atoms with E-state index < -0.39 is 0 Å². The fourth-order valence-corrected chi connectivity index (χ4v) is 1.15. The Hall–Kier alpha value is -1.85. The number of aryl methyl sites for hydroxylation is 2. The molecule has 6 heteroatoms. The third kappa shape index (κ3) is 1.73. The van der Waals surface area contributed by atoms with E-state index in [1.165, 1.54) is 0 Å². The Morgan fingerprint density at radius 1 is 1.57 bits per heavy atom. The van der Waals surface area contributed by atoms with Crippen LogP contribution in [0.5, 0.6) is 0 Å². The maximum absolute atomic E-state index is 4.10. The van der Waals surface area contributed by atoms with Gasteiger partial charge in [0.05, 0.1) is 6.20 Å². The van der Waals surface area contributed by atoms with E-state index >= 15 is 0 Å². The van der Waals surface area contributed by atoms with Crippen molar-refractivity contribution in [2.45, 2.75) is 13.5 Å². The Morgan fingerprint density at radius 3 is 3.00 bits per heavy atom. The average molecular weight is 192 g/mol. The van der Waals surface area contributed by atoms with Gasteiger partial charge in [-0.3, -0.25) is 9.78 Å². The van der Waals surface area contributed by atoms with E-state index in [9.17, 15) is 0 Å². The number of aromatic nitrogens is 5. The Labute approximate surface area is 81.4 Å². The highest BCUT2D eigenvalue weighted by molar-refractivity contribution is 5.25. The van der Waals surface area contributed by atoms with Crippen LogP contribution in [0.3, 0.4) is 0 Å². The summed E-state index contributed by atoms with van der Waals surface area (Å²) in [6.45, 7) is 2.67. The summed E-state index contributed by atoms with van der Waals surface area (Å²) < 4.78 is 1.66. The molecule has 0 saturated carbocycles. The third-order valence-electron chi connectivity index (χ3n) is 1.97. The van der Waals surface area contributed by atoms with E-state index in [0.29, 0.717) is 12.5 Å². The van der Waals surface area contributed by atoms with Gasteiger partial charge in [0, 0.05) is 24.8 Å². The zero-order valence-electron chi connectivity index (χ0n) is 8.15. The van der Waals surface area contributed by atoms with Gasteiger partial charge in [-0.2, -0.15) is 5.10 Å². The molecule has 0 radical (unpaired) electrons. The zero-order valence-corrected chi connectivity index (χ0v) is 8.15. The van der Waals surface area contributed by atoms with Crippen LogP contribution in [-0.4, -0.2) is 25.0 Å². The molecule has 0 fully saturated rings. The summed E-state index contributed by atoms with van der Waals surface area (Å²) in [4.78, 5) is 4.06. The summed E-state index contributed by atoms with van der Waals surface area (Å²) in [5, 5.41) is 14.0. The van der Waals surface area contributed by atoms with Crippen molar-refractivity contribution in [1.82, 2.24) is 25.0 Å². The van der Waals surface area contributed by atoms with Crippen molar-refractivity contribution in [2.24, 2.45) is 7.05 Å². The third-order valence-corrected chi connectivity index (χ3v) is 1.97. The number of nitrogens with one attached hydrogen (secondary N) is 2. The van der Waals surface area contributed by atoms with E-state index in [-0.39, 0.29) is 0 Å². The zero-order chi connectivity index (χ0) is 9.97. The molecule has 2 rings (SSSR count). The molecule has 0 aliphatic carbocycles. The molecule has 0 spiro atoms. The van der Waals surface area contributed by atoms with Crippen LogP contribution in [0.4, 0.5) is 5.95 Å². The van der Waals surface area contributed by atoms with Crippen molar-refractivity contribution < 1.29 is 0 Å². The van der Waals surface area contributed by atoms with Gasteiger partial charge in [0.1, 0.15) is 6.33 Å². The number of H-pyrrole nitrogens is 1. The van der Waals surface area contributed by atoms with Crippen LogP contribution in [0.25, 0.3) is 0 Å². The monoisotopic (exact) mass is 192 g/mol. The van der Waals surface area contributed by atoms with Gasteiger partial charge in [-0.1, -0.05) is 0 Å². The predicted octanol–water partition coefficient (Wildman–Crippen LogP) is 0.459. The van der Waals surface area contributed by atoms with Crippen molar-refractivity contribution in [1.29, 1.82) is 0 Å². The number of hydrogen-bond acceptors (Lipinski definition) is 4. The molecule has 0 atom stereocenters. The Balaban J connectivity index is 1.98. The standard InChI is InChI=1S/C8H12N6/c1-6-7(4-11-12-6)3-9-8-10-5-14(2)13-8/h4-5H,3H2,1-2H3,(H,9,13)(H,11,12). The molecule has 2 aromatic heterocycles. The maximum atomic E-state index is 4.10. The molecule has 0 amide bonds. The fraction of sp³-hybridized carbons (Fsp3) is 0.375. The first-order chi connectivity index (χ1) is 6.75. The molecule has 0 aromatic carbocycles. The quantitative estimate of drug-likeness (QED) is 0.741. The average Bonchev–Trinajstić information content (AvgIpc) is 2.72. The minimum atomic E-state index is 0.633. The summed E-state index contributed by atoms with van der Waals surface area (Å²) in [6, 6.07) is 0. The normalized spacial score (nSPS) is 10.4. The van der Waals surface area contributed by atoms with Gasteiger partial charge < -0.3 is 5.32 Å². The first kappa shape index (κ1) is 8.74. The van der Waals surface area contributed by atoms with Crippen LogP contribution < -0.4 is 5.32 Å². The topological polar surface area (TPSA) is 71.4 Å². The van der Waals surface area contributed by atoms with E-state index in [1.54, 1.807) is 17.2 Å². The summed E-state index contributed by atoms with van der Waals surface area (Å²) in [5.41, 5.74) is 2.19. The highest BCUT2D eigenvalue weighted by Gasteiger charge is 2.01. The van der Waals surface area contributed by atoms with Crippen molar-refractivity contribution in [3.63, 3.8) is 0 Å². The molecule has 0 unspecified atom stereocenters. The second kappa shape index (κ2) is 3.49. The molecule has 0 saturated heterocycles. The fourth-order valence-electron chi connectivity index (χ4n) is 1.15. The number of rotatable bonds is 3. The van der Waals surface area contributed by atoms with Crippen LogP contribution in [-0.2, 0) is 13.6 Å². The first-order valence-electron chi connectivity index (χ1n) is 4.34. The van der Waals surface area contributed by atoms with Crippen LogP contribution in [0.15, 0.2) is 12.5 Å². The smallest absolute Gasteiger partial charge is 0.242 e. The first-order valence-corrected chi connectivity index (χ1v) is 4.34. The molecule has 74 valence electrons. The number of hydrogen-bond donors (Lipinski definition) is 2. The van der Waals surface area contributed by atoms with Crippen LogP contribution in [0.1, 0.15) is 11.3 Å². The molecule has 6 nitrogen and oxygen atoms in total. The highest BCUT2D eigenvalue weighted by Crippen LogP contribution is 2.04. The molecule has 0 aliphatic heterocycles. The lowest BCUT2D eigenvalue weighted by Crippen LogP contribution is -2.02. The lowest BCUT2D eigenvalue weighted by Gasteiger charge is -1.99. The second-order valence-electron chi connectivity index (χ2n) is 3.12. The van der Waals surface area contributed by atoms with Crippen LogP contribution in [0, 0.1) is 6.92 Å². The molecule has 0 bridgehead atoms. The number of aromatic amines is 1. The second-order valence-corrected chi connectivity index (χ2v) is 3.12. The Morgan fingerprint density at radius 2 is 2.43 bits per heavy atom. The van der Waals surface area contributed by atoms with E-state index in [2.05, 4.69) is 25.6 Å². The minimum Gasteiger partial charge on any atom is -0.349 e. The van der Waals surface area contributed by atoms with Crippen molar-refractivity contribution in [2.75, 3.05) is 5.32 Å². The van der Waals surface area contributed by atoms with Crippen LogP contribution in [0.2, 0.25) is 0 Å². The minimum absolute atomic E-state index is 0.633. The summed E-state index contributed by atoms with van der Waals surface area (Å²) in [5.74, 6) is 0.633. The van der Waals surface area contributed by atoms with Crippen molar-refractivity contribution in [3.8, 4) is 0 Å². The van der Waals surface area contributed by atoms with Gasteiger partial charge in [-0.25, -0.2) is 4.98 Å². The molecule has 2 N–H and O–H groups in total. The lowest BCUT2D eigenvalue weighted by atomic mass is 10.3.